The molecule has 0 spiro atoms. The van der Waals surface area contributed by atoms with Crippen LogP contribution in [0.15, 0.2) is 15.6 Å². The predicted molar refractivity (Wildman–Crippen MR) is 80.5 cm³/mol. The molecule has 1 aromatic heterocycles. The summed E-state index contributed by atoms with van der Waals surface area (Å²) in [6.07, 6.45) is 4.15. The molecule has 0 aromatic carbocycles. The van der Waals surface area contributed by atoms with Crippen LogP contribution in [-0.4, -0.2) is 28.9 Å². The zero-order valence-corrected chi connectivity index (χ0v) is 13.0. The largest absolute Gasteiger partial charge is 0.443 e. The van der Waals surface area contributed by atoms with Gasteiger partial charge in [0.2, 0.25) is 5.89 Å². The summed E-state index contributed by atoms with van der Waals surface area (Å²) in [6.45, 7) is 11.0. The van der Waals surface area contributed by atoms with Crippen LogP contribution in [0, 0.1) is 5.92 Å². The van der Waals surface area contributed by atoms with Gasteiger partial charge >= 0.3 is 0 Å². The van der Waals surface area contributed by atoms with Crippen molar-refractivity contribution in [1.82, 2.24) is 9.88 Å². The van der Waals surface area contributed by atoms with E-state index in [1.807, 2.05) is 0 Å². The fourth-order valence-corrected chi connectivity index (χ4v) is 2.22. The van der Waals surface area contributed by atoms with E-state index in [1.165, 1.54) is 12.8 Å². The Bertz CT molecular complexity index is 464. The van der Waals surface area contributed by atoms with Gasteiger partial charge in [-0.05, 0) is 18.8 Å². The molecule has 1 fully saturated rings. The molecule has 2 heterocycles. The number of hydrogen-bond donors (Lipinski definition) is 1. The number of hydrogen-bond acceptors (Lipinski definition) is 3. The van der Waals surface area contributed by atoms with E-state index in [1.54, 1.807) is 6.20 Å². The van der Waals surface area contributed by atoms with E-state index in [9.17, 15) is 0 Å². The van der Waals surface area contributed by atoms with Crippen LogP contribution in [-0.2, 0) is 12.0 Å². The Balaban J connectivity index is 1.93. The highest BCUT2D eigenvalue weighted by atomic mass is 16.4. The highest BCUT2D eigenvalue weighted by molar-refractivity contribution is 5.78. The van der Waals surface area contributed by atoms with Crippen molar-refractivity contribution in [3.63, 3.8) is 0 Å². The summed E-state index contributed by atoms with van der Waals surface area (Å²) < 4.78 is 5.71. The molecule has 0 radical (unpaired) electrons. The van der Waals surface area contributed by atoms with E-state index in [4.69, 9.17) is 10.2 Å². The smallest absolute Gasteiger partial charge is 0.216 e. The van der Waals surface area contributed by atoms with E-state index in [0.29, 0.717) is 18.4 Å². The predicted octanol–water partition coefficient (Wildman–Crippen LogP) is 2.52. The third-order valence-electron chi connectivity index (χ3n) is 3.78. The van der Waals surface area contributed by atoms with Gasteiger partial charge in [0, 0.05) is 18.5 Å². The maximum Gasteiger partial charge on any atom is 0.216 e. The van der Waals surface area contributed by atoms with Gasteiger partial charge in [-0.25, -0.2) is 9.98 Å². The normalized spacial score (nSPS) is 18.6. The molecular weight excluding hydrogens is 252 g/mol. The highest BCUT2D eigenvalue weighted by Gasteiger charge is 2.20. The lowest BCUT2D eigenvalue weighted by molar-refractivity contribution is 0.277. The number of aromatic nitrogens is 1. The van der Waals surface area contributed by atoms with Gasteiger partial charge in [-0.15, -0.1) is 0 Å². The van der Waals surface area contributed by atoms with Gasteiger partial charge in [-0.2, -0.15) is 0 Å². The van der Waals surface area contributed by atoms with Crippen LogP contribution in [0.1, 0.15) is 52.2 Å². The summed E-state index contributed by atoms with van der Waals surface area (Å²) in [6, 6.07) is 0. The molecule has 0 bridgehead atoms. The van der Waals surface area contributed by atoms with Crippen molar-refractivity contribution in [3.05, 3.63) is 17.8 Å². The Labute approximate surface area is 121 Å². The number of likely N-dealkylation sites (tertiary alicyclic amines) is 1. The minimum Gasteiger partial charge on any atom is -0.443 e. The Morgan fingerprint density at radius 3 is 2.65 bits per heavy atom. The molecule has 1 aliphatic heterocycles. The molecule has 0 aliphatic carbocycles. The van der Waals surface area contributed by atoms with Crippen molar-refractivity contribution in [2.45, 2.75) is 52.5 Å². The van der Waals surface area contributed by atoms with Gasteiger partial charge in [0.25, 0.3) is 0 Å². The zero-order valence-electron chi connectivity index (χ0n) is 13.0. The molecule has 0 unspecified atom stereocenters. The SMILES string of the molecule is CC1CCN(C(N)=NCc2ncc(C(C)(C)C)o2)CC1. The zero-order chi connectivity index (χ0) is 14.8. The second-order valence-electron chi connectivity index (χ2n) is 6.71. The Morgan fingerprint density at radius 1 is 1.45 bits per heavy atom. The van der Waals surface area contributed by atoms with Crippen molar-refractivity contribution >= 4 is 5.96 Å². The average molecular weight is 278 g/mol. The monoisotopic (exact) mass is 278 g/mol. The van der Waals surface area contributed by atoms with Crippen molar-refractivity contribution < 1.29 is 4.42 Å². The van der Waals surface area contributed by atoms with Gasteiger partial charge in [0.15, 0.2) is 5.96 Å². The lowest BCUT2D eigenvalue weighted by Crippen LogP contribution is -2.42. The molecule has 1 saturated heterocycles. The first-order valence-electron chi connectivity index (χ1n) is 7.36. The number of rotatable bonds is 2. The van der Waals surface area contributed by atoms with Crippen molar-refractivity contribution in [2.24, 2.45) is 16.6 Å². The van der Waals surface area contributed by atoms with Gasteiger partial charge < -0.3 is 15.1 Å². The first-order valence-corrected chi connectivity index (χ1v) is 7.36. The van der Waals surface area contributed by atoms with E-state index >= 15 is 0 Å². The topological polar surface area (TPSA) is 67.7 Å². The molecule has 2 rings (SSSR count). The molecule has 1 aliphatic rings. The highest BCUT2D eigenvalue weighted by Crippen LogP contribution is 2.23. The van der Waals surface area contributed by atoms with Gasteiger partial charge in [0.1, 0.15) is 12.3 Å². The van der Waals surface area contributed by atoms with Crippen LogP contribution in [0.25, 0.3) is 0 Å². The number of nitrogens with zero attached hydrogens (tertiary/aromatic N) is 3. The molecule has 1 aromatic rings. The fourth-order valence-electron chi connectivity index (χ4n) is 2.22. The maximum atomic E-state index is 6.04. The van der Waals surface area contributed by atoms with E-state index < -0.39 is 0 Å². The number of aliphatic imine (C=N–C) groups is 1. The van der Waals surface area contributed by atoms with Crippen molar-refractivity contribution in [3.8, 4) is 0 Å². The van der Waals surface area contributed by atoms with Crippen LogP contribution in [0.4, 0.5) is 0 Å². The molecule has 2 N–H and O–H groups in total. The molecule has 0 saturated carbocycles. The molecule has 0 atom stereocenters. The summed E-state index contributed by atoms with van der Waals surface area (Å²) in [5.41, 5.74) is 6.02. The van der Waals surface area contributed by atoms with E-state index in [0.717, 1.165) is 24.8 Å². The second kappa shape index (κ2) is 5.85. The van der Waals surface area contributed by atoms with Crippen molar-refractivity contribution in [1.29, 1.82) is 0 Å². The minimum atomic E-state index is -0.0243. The average Bonchev–Trinajstić information content (AvgIpc) is 2.85. The third kappa shape index (κ3) is 3.74. The minimum absolute atomic E-state index is 0.0243. The number of oxazole rings is 1. The molecule has 5 nitrogen and oxygen atoms in total. The van der Waals surface area contributed by atoms with Gasteiger partial charge in [0.05, 0.1) is 6.20 Å². The van der Waals surface area contributed by atoms with Gasteiger partial charge in [-0.3, -0.25) is 0 Å². The van der Waals surface area contributed by atoms with Crippen molar-refractivity contribution in [2.75, 3.05) is 13.1 Å². The summed E-state index contributed by atoms with van der Waals surface area (Å²) in [4.78, 5) is 10.8. The third-order valence-corrected chi connectivity index (χ3v) is 3.78. The Kier molecular flexibility index (Phi) is 4.35. The molecular formula is C15H26N4O. The molecule has 20 heavy (non-hydrogen) atoms. The van der Waals surface area contributed by atoms with E-state index in [2.05, 4.69) is 42.6 Å². The molecule has 0 amide bonds. The van der Waals surface area contributed by atoms with Crippen LogP contribution in [0.3, 0.4) is 0 Å². The Hall–Kier alpha value is -1.52. The van der Waals surface area contributed by atoms with Gasteiger partial charge in [-0.1, -0.05) is 27.7 Å². The summed E-state index contributed by atoms with van der Waals surface area (Å²) in [5, 5.41) is 0. The second-order valence-corrected chi connectivity index (χ2v) is 6.71. The van der Waals surface area contributed by atoms with E-state index in [-0.39, 0.29) is 5.41 Å². The maximum absolute atomic E-state index is 6.04. The lowest BCUT2D eigenvalue weighted by Gasteiger charge is -2.30. The van der Waals surface area contributed by atoms with Crippen LogP contribution >= 0.6 is 0 Å². The lowest BCUT2D eigenvalue weighted by atomic mass is 9.94. The molecule has 112 valence electrons. The Morgan fingerprint density at radius 2 is 2.10 bits per heavy atom. The number of piperidine rings is 1. The summed E-state index contributed by atoms with van der Waals surface area (Å²) in [5.74, 6) is 2.91. The first kappa shape index (κ1) is 14.9. The van der Waals surface area contributed by atoms with Crippen LogP contribution < -0.4 is 5.73 Å². The number of guanidine groups is 1. The van der Waals surface area contributed by atoms with Crippen LogP contribution in [0.5, 0.6) is 0 Å². The standard InChI is InChI=1S/C15H26N4O/c1-11-5-7-19(8-6-11)14(16)18-10-13-17-9-12(20-13)15(2,3)4/h9,11H,5-8,10H2,1-4H3,(H2,16,18). The molecule has 5 heteroatoms. The fraction of sp³-hybridized carbons (Fsp3) is 0.733. The van der Waals surface area contributed by atoms with Crippen LogP contribution in [0.2, 0.25) is 0 Å². The number of nitrogens with two attached hydrogens (primary N) is 1. The summed E-state index contributed by atoms with van der Waals surface area (Å²) >= 11 is 0. The summed E-state index contributed by atoms with van der Waals surface area (Å²) in [7, 11) is 0. The first-order chi connectivity index (χ1) is 9.36. The quantitative estimate of drug-likeness (QED) is 0.666.